The molecule has 1 aliphatic carbocycles. The van der Waals surface area contributed by atoms with Crippen LogP contribution < -0.4 is 11.3 Å². The summed E-state index contributed by atoms with van der Waals surface area (Å²) in [6, 6.07) is 15.5. The molecule has 0 amide bonds. The first-order valence-electron chi connectivity index (χ1n) is 7.50. The maximum absolute atomic E-state index is 5.97. The lowest BCUT2D eigenvalue weighted by Crippen LogP contribution is -2.51. The molecule has 1 aromatic carbocycles. The van der Waals surface area contributed by atoms with Crippen LogP contribution in [0.25, 0.3) is 0 Å². The Labute approximate surface area is 138 Å². The van der Waals surface area contributed by atoms with E-state index in [4.69, 9.17) is 5.84 Å². The first-order chi connectivity index (χ1) is 10.2. The largest absolute Gasteiger partial charge is 0.271 e. The molecule has 0 bridgehead atoms. The molecule has 1 aromatic heterocycles. The van der Waals surface area contributed by atoms with E-state index in [2.05, 4.69) is 63.8 Å². The molecule has 1 heterocycles. The Kier molecular flexibility index (Phi) is 4.79. The molecule has 2 aromatic rings. The Morgan fingerprint density at radius 2 is 1.86 bits per heavy atom. The standard InChI is InChI=1S/C17H21BrN2S/c18-16-9-8-14(21-16)12-15(20-19)17(10-4-5-11-17)13-6-2-1-3-7-13/h1-3,6-9,15,20H,4-5,10-12,19H2. The van der Waals surface area contributed by atoms with E-state index in [0.29, 0.717) is 0 Å². The summed E-state index contributed by atoms with van der Waals surface area (Å²) in [5, 5.41) is 0. The van der Waals surface area contributed by atoms with Crippen molar-refractivity contribution < 1.29 is 0 Å². The van der Waals surface area contributed by atoms with Crippen LogP contribution in [0.5, 0.6) is 0 Å². The Morgan fingerprint density at radius 3 is 2.43 bits per heavy atom. The fourth-order valence-corrected chi connectivity index (χ4v) is 5.22. The molecule has 21 heavy (non-hydrogen) atoms. The molecule has 1 aliphatic rings. The van der Waals surface area contributed by atoms with Gasteiger partial charge in [0.15, 0.2) is 0 Å². The molecular formula is C17H21BrN2S. The van der Waals surface area contributed by atoms with Gasteiger partial charge in [-0.2, -0.15) is 0 Å². The summed E-state index contributed by atoms with van der Waals surface area (Å²) < 4.78 is 1.19. The van der Waals surface area contributed by atoms with E-state index < -0.39 is 0 Å². The Bertz CT molecular complexity index is 575. The highest BCUT2D eigenvalue weighted by atomic mass is 79.9. The number of benzene rings is 1. The maximum atomic E-state index is 5.97. The van der Waals surface area contributed by atoms with Gasteiger partial charge in [-0.3, -0.25) is 11.3 Å². The minimum Gasteiger partial charge on any atom is -0.271 e. The number of hydrogen-bond acceptors (Lipinski definition) is 3. The van der Waals surface area contributed by atoms with Crippen molar-refractivity contribution in [2.75, 3.05) is 0 Å². The smallest absolute Gasteiger partial charge is 0.0701 e. The van der Waals surface area contributed by atoms with Crippen LogP contribution in [0.15, 0.2) is 46.3 Å². The second-order valence-corrected chi connectivity index (χ2v) is 8.41. The summed E-state index contributed by atoms with van der Waals surface area (Å²) in [5.41, 5.74) is 4.74. The van der Waals surface area contributed by atoms with Gasteiger partial charge in [0.2, 0.25) is 0 Å². The van der Waals surface area contributed by atoms with Gasteiger partial charge in [-0.05, 0) is 52.9 Å². The van der Waals surface area contributed by atoms with Crippen molar-refractivity contribution >= 4 is 27.3 Å². The first-order valence-corrected chi connectivity index (χ1v) is 9.11. The molecular weight excluding hydrogens is 344 g/mol. The number of hydrazine groups is 1. The van der Waals surface area contributed by atoms with E-state index in [-0.39, 0.29) is 11.5 Å². The van der Waals surface area contributed by atoms with Crippen molar-refractivity contribution in [3.05, 3.63) is 56.7 Å². The number of nitrogens with one attached hydrogen (secondary N) is 1. The van der Waals surface area contributed by atoms with Crippen LogP contribution in [-0.4, -0.2) is 6.04 Å². The zero-order valence-corrected chi connectivity index (χ0v) is 14.4. The average Bonchev–Trinajstić information content (AvgIpc) is 3.15. The topological polar surface area (TPSA) is 38.0 Å². The predicted octanol–water partition coefficient (Wildman–Crippen LogP) is 4.40. The van der Waals surface area contributed by atoms with Crippen LogP contribution >= 0.6 is 27.3 Å². The van der Waals surface area contributed by atoms with E-state index in [1.54, 1.807) is 11.3 Å². The van der Waals surface area contributed by atoms with Crippen LogP contribution in [0.3, 0.4) is 0 Å². The summed E-state index contributed by atoms with van der Waals surface area (Å²) in [4.78, 5) is 1.38. The van der Waals surface area contributed by atoms with Crippen LogP contribution in [-0.2, 0) is 11.8 Å². The molecule has 3 N–H and O–H groups in total. The van der Waals surface area contributed by atoms with Crippen molar-refractivity contribution in [1.29, 1.82) is 0 Å². The minimum absolute atomic E-state index is 0.173. The SMILES string of the molecule is NNC(Cc1ccc(Br)s1)C1(c2ccccc2)CCCC1. The van der Waals surface area contributed by atoms with E-state index in [1.165, 1.54) is 39.9 Å². The molecule has 112 valence electrons. The minimum atomic E-state index is 0.173. The third kappa shape index (κ3) is 3.09. The maximum Gasteiger partial charge on any atom is 0.0701 e. The van der Waals surface area contributed by atoms with Crippen molar-refractivity contribution in [2.24, 2.45) is 5.84 Å². The number of hydrogen-bond donors (Lipinski definition) is 2. The van der Waals surface area contributed by atoms with Gasteiger partial charge in [0.05, 0.1) is 3.79 Å². The lowest BCUT2D eigenvalue weighted by Gasteiger charge is -2.38. The average molecular weight is 365 g/mol. The van der Waals surface area contributed by atoms with Crippen molar-refractivity contribution in [1.82, 2.24) is 5.43 Å². The van der Waals surface area contributed by atoms with E-state index in [0.717, 1.165) is 6.42 Å². The highest BCUT2D eigenvalue weighted by molar-refractivity contribution is 9.11. The quantitative estimate of drug-likeness (QED) is 0.609. The molecule has 3 rings (SSSR count). The molecule has 1 saturated carbocycles. The second kappa shape index (κ2) is 6.61. The molecule has 0 aliphatic heterocycles. The Hall–Kier alpha value is -0.680. The van der Waals surface area contributed by atoms with Crippen molar-refractivity contribution in [3.63, 3.8) is 0 Å². The summed E-state index contributed by atoms with van der Waals surface area (Å²) in [5.74, 6) is 5.97. The third-order valence-electron chi connectivity index (χ3n) is 4.75. The molecule has 0 radical (unpaired) electrons. The zero-order valence-electron chi connectivity index (χ0n) is 12.0. The number of thiophene rings is 1. The Morgan fingerprint density at radius 1 is 1.14 bits per heavy atom. The Balaban J connectivity index is 1.91. The molecule has 4 heteroatoms. The van der Waals surface area contributed by atoms with Crippen LogP contribution in [0.4, 0.5) is 0 Å². The van der Waals surface area contributed by atoms with Gasteiger partial charge >= 0.3 is 0 Å². The van der Waals surface area contributed by atoms with E-state index >= 15 is 0 Å². The zero-order chi connectivity index (χ0) is 14.7. The van der Waals surface area contributed by atoms with Gasteiger partial charge < -0.3 is 0 Å². The second-order valence-electron chi connectivity index (χ2n) is 5.86. The summed E-state index contributed by atoms with van der Waals surface area (Å²) in [6.45, 7) is 0. The van der Waals surface area contributed by atoms with Crippen LogP contribution in [0.1, 0.15) is 36.1 Å². The molecule has 1 atom stereocenters. The van der Waals surface area contributed by atoms with Gasteiger partial charge in [0.25, 0.3) is 0 Å². The van der Waals surface area contributed by atoms with Gasteiger partial charge in [-0.1, -0.05) is 43.2 Å². The molecule has 1 fully saturated rings. The van der Waals surface area contributed by atoms with E-state index in [9.17, 15) is 0 Å². The van der Waals surface area contributed by atoms with E-state index in [1.807, 2.05) is 0 Å². The first kappa shape index (κ1) is 15.2. The predicted molar refractivity (Wildman–Crippen MR) is 93.4 cm³/mol. The normalized spacial score (nSPS) is 18.8. The third-order valence-corrected chi connectivity index (χ3v) is 6.39. The van der Waals surface area contributed by atoms with Gasteiger partial charge in [-0.15, -0.1) is 11.3 Å². The highest BCUT2D eigenvalue weighted by Crippen LogP contribution is 2.44. The molecule has 2 nitrogen and oxygen atoms in total. The van der Waals surface area contributed by atoms with Gasteiger partial charge in [0, 0.05) is 16.3 Å². The number of halogens is 1. The molecule has 0 spiro atoms. The summed E-state index contributed by atoms with van der Waals surface area (Å²) in [6.07, 6.45) is 6.01. The fourth-order valence-electron chi connectivity index (χ4n) is 3.69. The lowest BCUT2D eigenvalue weighted by atomic mass is 9.71. The summed E-state index contributed by atoms with van der Waals surface area (Å²) >= 11 is 5.36. The highest BCUT2D eigenvalue weighted by Gasteiger charge is 2.42. The van der Waals surface area contributed by atoms with Gasteiger partial charge in [-0.25, -0.2) is 0 Å². The molecule has 0 saturated heterocycles. The summed E-state index contributed by atoms with van der Waals surface area (Å²) in [7, 11) is 0. The molecule has 1 unspecified atom stereocenters. The number of nitrogens with two attached hydrogens (primary N) is 1. The lowest BCUT2D eigenvalue weighted by molar-refractivity contribution is 0.297. The van der Waals surface area contributed by atoms with Crippen molar-refractivity contribution in [3.8, 4) is 0 Å². The van der Waals surface area contributed by atoms with Crippen LogP contribution in [0, 0.1) is 0 Å². The van der Waals surface area contributed by atoms with Crippen LogP contribution in [0.2, 0.25) is 0 Å². The fraction of sp³-hybridized carbons (Fsp3) is 0.412. The monoisotopic (exact) mass is 364 g/mol. The van der Waals surface area contributed by atoms with Crippen molar-refractivity contribution in [2.45, 2.75) is 43.6 Å². The van der Waals surface area contributed by atoms with Gasteiger partial charge in [0.1, 0.15) is 0 Å². The number of rotatable bonds is 5.